The minimum Gasteiger partial charge on any atom is -0.330 e. The van der Waals surface area contributed by atoms with Gasteiger partial charge in [0.25, 0.3) is 0 Å². The Labute approximate surface area is 110 Å². The van der Waals surface area contributed by atoms with Crippen LogP contribution in [0.15, 0.2) is 36.7 Å². The number of hydrogen-bond acceptors (Lipinski definition) is 2. The molecule has 3 nitrogen and oxygen atoms in total. The lowest BCUT2D eigenvalue weighted by atomic mass is 10.1. The fourth-order valence-electron chi connectivity index (χ4n) is 1.62. The minimum atomic E-state index is -2.60. The Bertz CT molecular complexity index is 482. The predicted molar refractivity (Wildman–Crippen MR) is 68.9 cm³/mol. The van der Waals surface area contributed by atoms with Crippen LogP contribution in [-0.2, 0) is 6.42 Å². The normalized spacial score (nSPS) is 10.4. The second-order valence-electron chi connectivity index (χ2n) is 3.72. The lowest BCUT2D eigenvalue weighted by molar-refractivity contribution is 0.0566. The van der Waals surface area contributed by atoms with Crippen LogP contribution in [0.2, 0.25) is 0 Å². The third-order valence-corrected chi connectivity index (χ3v) is 2.52. The minimum absolute atomic E-state index is 0. The first kappa shape index (κ1) is 14.6. The van der Waals surface area contributed by atoms with E-state index in [1.165, 1.54) is 12.4 Å². The summed E-state index contributed by atoms with van der Waals surface area (Å²) in [4.78, 5) is 0. The standard InChI is InChI=1S/C12H13F2N3.ClH/c13-12(14)17-8-11(7-16-17)10-3-1-9(2-4-10)5-6-15;/h1-4,7-8,12H,5-6,15H2;1H. The third kappa shape index (κ3) is 3.27. The molecule has 1 aromatic carbocycles. The van der Waals surface area contributed by atoms with Gasteiger partial charge in [-0.2, -0.15) is 13.9 Å². The molecule has 0 saturated heterocycles. The van der Waals surface area contributed by atoms with Gasteiger partial charge < -0.3 is 5.73 Å². The molecule has 0 radical (unpaired) electrons. The molecule has 1 heterocycles. The van der Waals surface area contributed by atoms with Crippen molar-refractivity contribution in [3.63, 3.8) is 0 Å². The summed E-state index contributed by atoms with van der Waals surface area (Å²) in [5.41, 5.74) is 8.14. The summed E-state index contributed by atoms with van der Waals surface area (Å²) in [7, 11) is 0. The van der Waals surface area contributed by atoms with Crippen LogP contribution in [0.25, 0.3) is 11.1 Å². The van der Waals surface area contributed by atoms with Crippen molar-refractivity contribution >= 4 is 12.4 Å². The number of nitrogens with zero attached hydrogens (tertiary/aromatic N) is 2. The van der Waals surface area contributed by atoms with Gasteiger partial charge in [-0.3, -0.25) is 0 Å². The van der Waals surface area contributed by atoms with E-state index in [0.29, 0.717) is 16.8 Å². The molecule has 2 N–H and O–H groups in total. The molecule has 0 amide bonds. The van der Waals surface area contributed by atoms with E-state index in [4.69, 9.17) is 5.73 Å². The molecule has 1 aromatic heterocycles. The zero-order valence-corrected chi connectivity index (χ0v) is 10.4. The molecule has 0 fully saturated rings. The summed E-state index contributed by atoms with van der Waals surface area (Å²) in [5, 5.41) is 3.60. The molecule has 0 aliphatic carbocycles. The van der Waals surface area contributed by atoms with Gasteiger partial charge in [-0.05, 0) is 24.1 Å². The van der Waals surface area contributed by atoms with Crippen LogP contribution < -0.4 is 5.73 Å². The van der Waals surface area contributed by atoms with E-state index < -0.39 is 6.55 Å². The maximum absolute atomic E-state index is 12.3. The van der Waals surface area contributed by atoms with Crippen molar-refractivity contribution in [2.45, 2.75) is 13.0 Å². The van der Waals surface area contributed by atoms with E-state index in [1.54, 1.807) is 0 Å². The Kier molecular flexibility index (Phi) is 5.25. The molecule has 0 saturated carbocycles. The van der Waals surface area contributed by atoms with Crippen LogP contribution in [0.3, 0.4) is 0 Å². The first-order valence-electron chi connectivity index (χ1n) is 5.32. The Balaban J connectivity index is 0.00000162. The molecule has 98 valence electrons. The molecule has 18 heavy (non-hydrogen) atoms. The summed E-state index contributed by atoms with van der Waals surface area (Å²) >= 11 is 0. The number of hydrogen-bond donors (Lipinski definition) is 1. The van der Waals surface area contributed by atoms with Crippen LogP contribution in [0.5, 0.6) is 0 Å². The molecular formula is C12H14ClF2N3. The van der Waals surface area contributed by atoms with Crippen molar-refractivity contribution in [3.05, 3.63) is 42.2 Å². The number of benzene rings is 1. The van der Waals surface area contributed by atoms with E-state index in [1.807, 2.05) is 24.3 Å². The van der Waals surface area contributed by atoms with E-state index in [-0.39, 0.29) is 12.4 Å². The van der Waals surface area contributed by atoms with Crippen molar-refractivity contribution in [1.82, 2.24) is 9.78 Å². The average Bonchev–Trinajstić information content (AvgIpc) is 2.80. The SMILES string of the molecule is Cl.NCCc1ccc(-c2cnn(C(F)F)c2)cc1. The quantitative estimate of drug-likeness (QED) is 0.931. The highest BCUT2D eigenvalue weighted by molar-refractivity contribution is 5.85. The summed E-state index contributed by atoms with van der Waals surface area (Å²) in [6, 6.07) is 7.67. The van der Waals surface area contributed by atoms with Gasteiger partial charge in [0.1, 0.15) is 0 Å². The van der Waals surface area contributed by atoms with Crippen LogP contribution in [0.4, 0.5) is 8.78 Å². The van der Waals surface area contributed by atoms with Crippen molar-refractivity contribution in [2.24, 2.45) is 5.73 Å². The molecular weight excluding hydrogens is 260 g/mol. The van der Waals surface area contributed by atoms with Gasteiger partial charge in [0.2, 0.25) is 0 Å². The van der Waals surface area contributed by atoms with Crippen LogP contribution in [0.1, 0.15) is 12.1 Å². The number of alkyl halides is 2. The van der Waals surface area contributed by atoms with Gasteiger partial charge in [-0.1, -0.05) is 24.3 Å². The fraction of sp³-hybridized carbons (Fsp3) is 0.250. The Morgan fingerprint density at radius 2 is 1.83 bits per heavy atom. The molecule has 0 aliphatic rings. The summed E-state index contributed by atoms with van der Waals surface area (Å²) in [6.07, 6.45) is 3.59. The maximum Gasteiger partial charge on any atom is 0.333 e. The van der Waals surface area contributed by atoms with Crippen LogP contribution in [-0.4, -0.2) is 16.3 Å². The highest BCUT2D eigenvalue weighted by atomic mass is 35.5. The molecule has 2 rings (SSSR count). The summed E-state index contributed by atoms with van der Waals surface area (Å²) in [5.74, 6) is 0. The topological polar surface area (TPSA) is 43.8 Å². The number of halogens is 3. The maximum atomic E-state index is 12.3. The fourth-order valence-corrected chi connectivity index (χ4v) is 1.62. The van der Waals surface area contributed by atoms with Crippen molar-refractivity contribution < 1.29 is 8.78 Å². The van der Waals surface area contributed by atoms with Crippen LogP contribution in [0, 0.1) is 0 Å². The zero-order chi connectivity index (χ0) is 12.3. The molecule has 6 heteroatoms. The molecule has 0 aliphatic heterocycles. The first-order chi connectivity index (χ1) is 8.20. The lowest BCUT2D eigenvalue weighted by Crippen LogP contribution is -2.02. The largest absolute Gasteiger partial charge is 0.333 e. The van der Waals surface area contributed by atoms with Crippen molar-refractivity contribution in [1.29, 1.82) is 0 Å². The Morgan fingerprint density at radius 1 is 1.17 bits per heavy atom. The molecule has 0 spiro atoms. The van der Waals surface area contributed by atoms with E-state index in [0.717, 1.165) is 17.5 Å². The lowest BCUT2D eigenvalue weighted by Gasteiger charge is -2.01. The van der Waals surface area contributed by atoms with Crippen LogP contribution >= 0.6 is 12.4 Å². The number of aromatic nitrogens is 2. The van der Waals surface area contributed by atoms with Gasteiger partial charge in [-0.25, -0.2) is 4.68 Å². The van der Waals surface area contributed by atoms with E-state index in [9.17, 15) is 8.78 Å². The van der Waals surface area contributed by atoms with Gasteiger partial charge in [0, 0.05) is 11.8 Å². The molecule has 0 unspecified atom stereocenters. The summed E-state index contributed by atoms with van der Waals surface area (Å²) < 4.78 is 25.3. The second kappa shape index (κ2) is 6.47. The molecule has 0 bridgehead atoms. The van der Waals surface area contributed by atoms with Gasteiger partial charge >= 0.3 is 6.55 Å². The highest BCUT2D eigenvalue weighted by Crippen LogP contribution is 2.21. The number of rotatable bonds is 4. The van der Waals surface area contributed by atoms with Gasteiger partial charge in [0.15, 0.2) is 0 Å². The molecule has 0 atom stereocenters. The van der Waals surface area contributed by atoms with Gasteiger partial charge in [-0.15, -0.1) is 12.4 Å². The van der Waals surface area contributed by atoms with Crippen molar-refractivity contribution in [3.8, 4) is 11.1 Å². The van der Waals surface area contributed by atoms with E-state index >= 15 is 0 Å². The second-order valence-corrected chi connectivity index (χ2v) is 3.72. The summed E-state index contributed by atoms with van der Waals surface area (Å²) in [6.45, 7) is -2.00. The average molecular weight is 274 g/mol. The first-order valence-corrected chi connectivity index (χ1v) is 5.32. The predicted octanol–water partition coefficient (Wildman–Crippen LogP) is 2.87. The Morgan fingerprint density at radius 3 is 2.33 bits per heavy atom. The smallest absolute Gasteiger partial charge is 0.330 e. The third-order valence-electron chi connectivity index (χ3n) is 2.52. The monoisotopic (exact) mass is 273 g/mol. The van der Waals surface area contributed by atoms with Crippen molar-refractivity contribution in [2.75, 3.05) is 6.54 Å². The number of nitrogens with two attached hydrogens (primary N) is 1. The molecule has 2 aromatic rings. The van der Waals surface area contributed by atoms with Gasteiger partial charge in [0.05, 0.1) is 6.20 Å². The Hall–Kier alpha value is -1.46. The zero-order valence-electron chi connectivity index (χ0n) is 9.59. The highest BCUT2D eigenvalue weighted by Gasteiger charge is 2.08. The van der Waals surface area contributed by atoms with E-state index in [2.05, 4.69) is 5.10 Å².